The second-order valence-electron chi connectivity index (χ2n) is 8.26. The number of hydrogen-bond donors (Lipinski definition) is 2. The van der Waals surface area contributed by atoms with Gasteiger partial charge in [0.1, 0.15) is 6.07 Å². The number of hydrogen-bond acceptors (Lipinski definition) is 10. The molecule has 0 saturated carbocycles. The van der Waals surface area contributed by atoms with Crippen molar-refractivity contribution >= 4 is 35.1 Å². The Morgan fingerprint density at radius 3 is 2.44 bits per heavy atom. The molecule has 1 unspecified atom stereocenters. The number of aliphatic hydroxyl groups is 1. The van der Waals surface area contributed by atoms with Crippen LogP contribution in [0.25, 0.3) is 5.69 Å². The minimum Gasteiger partial charge on any atom is -0.443 e. The van der Waals surface area contributed by atoms with Crippen LogP contribution in [-0.4, -0.2) is 37.5 Å². The molecule has 0 bridgehead atoms. The minimum absolute atomic E-state index is 0.00214. The largest absolute Gasteiger partial charge is 0.443 e. The van der Waals surface area contributed by atoms with E-state index in [1.165, 1.54) is 12.1 Å². The number of halogens is 2. The van der Waals surface area contributed by atoms with Gasteiger partial charge in [0.2, 0.25) is 11.6 Å². The average molecular weight is 537 g/mol. The molecule has 0 spiro atoms. The Morgan fingerprint density at radius 2 is 1.89 bits per heavy atom. The summed E-state index contributed by atoms with van der Waals surface area (Å²) in [7, 11) is 0. The van der Waals surface area contributed by atoms with E-state index in [1.807, 2.05) is 13.8 Å². The van der Waals surface area contributed by atoms with Gasteiger partial charge in [-0.1, -0.05) is 50.9 Å². The molecule has 14 heteroatoms. The molecule has 3 rings (SSSR count). The zero-order valence-corrected chi connectivity index (χ0v) is 21.2. The number of aromatic nitrogens is 3. The zero-order valence-electron chi connectivity index (χ0n) is 19.7. The molecule has 0 fully saturated rings. The number of aliphatic hydroxyl groups excluding tert-OH is 1. The number of benzene rings is 1. The van der Waals surface area contributed by atoms with Gasteiger partial charge in [-0.3, -0.25) is 15.0 Å². The third-order valence-corrected chi connectivity index (χ3v) is 5.54. The molecule has 0 aliphatic carbocycles. The van der Waals surface area contributed by atoms with Gasteiger partial charge in [-0.25, -0.2) is 9.36 Å². The van der Waals surface area contributed by atoms with Crippen molar-refractivity contribution in [1.82, 2.24) is 19.8 Å². The van der Waals surface area contributed by atoms with E-state index in [1.54, 1.807) is 26.0 Å². The number of carbonyl (C=O) groups excluding carboxylic acids is 1. The van der Waals surface area contributed by atoms with E-state index in [2.05, 4.69) is 15.6 Å². The van der Waals surface area contributed by atoms with Crippen molar-refractivity contribution < 1.29 is 19.4 Å². The average Bonchev–Trinajstić information content (AvgIpc) is 2.81. The summed E-state index contributed by atoms with van der Waals surface area (Å²) in [6.07, 6.45) is 0.583. The Hall–Kier alpha value is -3.66. The first kappa shape index (κ1) is 26.9. The predicted molar refractivity (Wildman–Crippen MR) is 130 cm³/mol. The Kier molecular flexibility index (Phi) is 8.19. The maximum atomic E-state index is 13.0. The summed E-state index contributed by atoms with van der Waals surface area (Å²) in [4.78, 5) is 37.2. The third kappa shape index (κ3) is 5.59. The van der Waals surface area contributed by atoms with Crippen LogP contribution in [0, 0.1) is 23.2 Å². The topological polar surface area (TPSA) is 161 Å². The maximum absolute atomic E-state index is 13.0. The Balaban J connectivity index is 2.01. The number of hydrazone groups is 1. The van der Waals surface area contributed by atoms with Gasteiger partial charge in [0.05, 0.1) is 21.7 Å². The first-order valence-corrected chi connectivity index (χ1v) is 11.4. The Bertz CT molecular complexity index is 1400. The van der Waals surface area contributed by atoms with Crippen LogP contribution >= 0.6 is 23.2 Å². The van der Waals surface area contributed by atoms with Crippen LogP contribution in [0.5, 0.6) is 5.75 Å². The molecule has 12 nitrogen and oxygen atoms in total. The molecule has 1 aliphatic rings. The van der Waals surface area contributed by atoms with Crippen molar-refractivity contribution in [2.75, 3.05) is 0 Å². The van der Waals surface area contributed by atoms with Gasteiger partial charge in [-0.05, 0) is 23.6 Å². The molecule has 2 aromatic rings. The molecule has 0 saturated heterocycles. The normalized spacial score (nSPS) is 15.2. The van der Waals surface area contributed by atoms with Crippen LogP contribution in [-0.2, 0) is 16.3 Å². The lowest BCUT2D eigenvalue weighted by Gasteiger charge is -2.23. The van der Waals surface area contributed by atoms with Crippen molar-refractivity contribution in [2.45, 2.75) is 40.7 Å². The van der Waals surface area contributed by atoms with Crippen molar-refractivity contribution in [1.29, 1.82) is 5.26 Å². The van der Waals surface area contributed by atoms with Crippen LogP contribution in [0.3, 0.4) is 0 Å². The summed E-state index contributed by atoms with van der Waals surface area (Å²) in [5, 5.41) is 26.9. The molecule has 2 heterocycles. The van der Waals surface area contributed by atoms with Crippen LogP contribution < -0.4 is 21.4 Å². The number of rotatable bonds is 6. The van der Waals surface area contributed by atoms with Crippen LogP contribution in [0.15, 0.2) is 38.5 Å². The second-order valence-corrected chi connectivity index (χ2v) is 9.07. The van der Waals surface area contributed by atoms with Crippen molar-refractivity contribution in [3.8, 4) is 17.5 Å². The van der Waals surface area contributed by atoms with Crippen molar-refractivity contribution in [3.63, 3.8) is 0 Å². The molecule has 0 amide bonds. The van der Waals surface area contributed by atoms with E-state index in [9.17, 15) is 24.8 Å². The number of carbonyl (C=O) groups is 1. The van der Waals surface area contributed by atoms with Gasteiger partial charge in [0.15, 0.2) is 18.7 Å². The first-order chi connectivity index (χ1) is 16.9. The van der Waals surface area contributed by atoms with E-state index < -0.39 is 41.8 Å². The van der Waals surface area contributed by atoms with Crippen LogP contribution in [0.1, 0.15) is 33.4 Å². The number of nitriles is 1. The first-order valence-electron chi connectivity index (χ1n) is 10.7. The lowest BCUT2D eigenvalue weighted by atomic mass is 10.0. The van der Waals surface area contributed by atoms with Crippen LogP contribution in [0.4, 0.5) is 0 Å². The molecule has 1 aliphatic heterocycles. The number of esters is 1. The summed E-state index contributed by atoms with van der Waals surface area (Å²) in [6.45, 7) is 6.23. The van der Waals surface area contributed by atoms with Gasteiger partial charge in [0, 0.05) is 6.08 Å². The molecule has 1 aromatic carbocycles. The molecular formula is C22H22Cl2N6O6. The lowest BCUT2D eigenvalue weighted by Crippen LogP contribution is -2.43. The summed E-state index contributed by atoms with van der Waals surface area (Å²) in [5.41, 5.74) is 0.543. The van der Waals surface area contributed by atoms with Crippen molar-refractivity contribution in [2.24, 2.45) is 16.9 Å². The minimum atomic E-state index is -1.02. The highest BCUT2D eigenvalue weighted by atomic mass is 35.5. The summed E-state index contributed by atoms with van der Waals surface area (Å²) >= 11 is 12.7. The highest BCUT2D eigenvalue weighted by Crippen LogP contribution is 2.35. The molecule has 1 atom stereocenters. The SMILES string of the molecule is CC(C)C(=O)OCn1c(=O)c(C#N)nn(-c2cc(Cl)c(OC3=NNC(O)C(C(C)C)=C3)c(Cl)c2)c1=O. The quantitative estimate of drug-likeness (QED) is 0.525. The standard InChI is InChI=1S/C22H22Cl2N6O6/c1-10(2)13-7-17(26-27-19(13)31)36-18-14(23)5-12(6-15(18)24)30-22(34)29(9-35-21(33)11(3)4)20(32)16(8-25)28-30/h5-7,10-11,19,27,31H,9H2,1-4H3. The lowest BCUT2D eigenvalue weighted by molar-refractivity contribution is -0.151. The van der Waals surface area contributed by atoms with E-state index in [-0.39, 0.29) is 33.3 Å². The molecule has 0 radical (unpaired) electrons. The van der Waals surface area contributed by atoms with E-state index >= 15 is 0 Å². The van der Waals surface area contributed by atoms with Gasteiger partial charge in [-0.15, -0.1) is 10.2 Å². The van der Waals surface area contributed by atoms with E-state index in [0.29, 0.717) is 10.1 Å². The smallest absolute Gasteiger partial charge is 0.355 e. The predicted octanol–water partition coefficient (Wildman–Crippen LogP) is 1.93. The number of nitrogens with zero attached hydrogens (tertiary/aromatic N) is 5. The Morgan fingerprint density at radius 1 is 1.25 bits per heavy atom. The number of nitrogens with one attached hydrogen (secondary N) is 1. The monoisotopic (exact) mass is 536 g/mol. The second kappa shape index (κ2) is 10.9. The molecule has 190 valence electrons. The maximum Gasteiger partial charge on any atom is 0.355 e. The van der Waals surface area contributed by atoms with Crippen LogP contribution in [0.2, 0.25) is 10.0 Å². The zero-order chi connectivity index (χ0) is 26.7. The molecular weight excluding hydrogens is 515 g/mol. The molecule has 36 heavy (non-hydrogen) atoms. The summed E-state index contributed by atoms with van der Waals surface area (Å²) in [6, 6.07) is 4.18. The van der Waals surface area contributed by atoms with E-state index in [0.717, 1.165) is 4.68 Å². The molecule has 1 aromatic heterocycles. The van der Waals surface area contributed by atoms with Gasteiger partial charge in [0.25, 0.3) is 5.56 Å². The Labute approximate surface area is 215 Å². The highest BCUT2D eigenvalue weighted by molar-refractivity contribution is 6.37. The summed E-state index contributed by atoms with van der Waals surface area (Å²) < 4.78 is 12.0. The highest BCUT2D eigenvalue weighted by Gasteiger charge is 2.23. The van der Waals surface area contributed by atoms with Crippen molar-refractivity contribution in [3.05, 3.63) is 60.4 Å². The fourth-order valence-corrected chi connectivity index (χ4v) is 3.57. The van der Waals surface area contributed by atoms with Gasteiger partial charge >= 0.3 is 11.7 Å². The number of ether oxygens (including phenoxy) is 2. The van der Waals surface area contributed by atoms with Gasteiger partial charge in [-0.2, -0.15) is 9.94 Å². The van der Waals surface area contributed by atoms with E-state index in [4.69, 9.17) is 32.7 Å². The molecule has 2 N–H and O–H groups in total. The summed E-state index contributed by atoms with van der Waals surface area (Å²) in [5.74, 6) is -1.05. The third-order valence-electron chi connectivity index (χ3n) is 4.98. The fourth-order valence-electron chi connectivity index (χ4n) is 3.02. The fraction of sp³-hybridized carbons (Fsp3) is 0.364. The van der Waals surface area contributed by atoms with Gasteiger partial charge < -0.3 is 14.6 Å².